The van der Waals surface area contributed by atoms with Gasteiger partial charge < -0.3 is 9.47 Å². The number of rotatable bonds is 7. The minimum absolute atomic E-state index is 0.307. The van der Waals surface area contributed by atoms with Crippen LogP contribution < -0.4 is 4.74 Å². The highest BCUT2D eigenvalue weighted by Gasteiger charge is 2.44. The van der Waals surface area contributed by atoms with Crippen LogP contribution in [0, 0.1) is 13.8 Å². The van der Waals surface area contributed by atoms with Crippen molar-refractivity contribution in [2.75, 3.05) is 14.2 Å². The van der Waals surface area contributed by atoms with Gasteiger partial charge in [-0.05, 0) is 55.8 Å². The smallest absolute Gasteiger partial charge is 0.337 e. The fraction of sp³-hybridized carbons (Fsp3) is 0.208. The lowest BCUT2D eigenvalue weighted by Gasteiger charge is -2.30. The van der Waals surface area contributed by atoms with E-state index in [2.05, 4.69) is 24.3 Å². The molecule has 0 aliphatic rings. The average molecular weight is 425 g/mol. The second-order valence-corrected chi connectivity index (χ2v) is 9.50. The number of hydrogen-bond acceptors (Lipinski definition) is 5. The Morgan fingerprint density at radius 1 is 0.724 bits per heavy atom. The predicted octanol–water partition coefficient (Wildman–Crippen LogP) is 6.22. The van der Waals surface area contributed by atoms with Crippen LogP contribution in [0.15, 0.2) is 82.6 Å². The van der Waals surface area contributed by atoms with Crippen molar-refractivity contribution in [1.82, 2.24) is 0 Å². The molecule has 0 aliphatic heterocycles. The molecule has 5 heteroatoms. The number of hydrogen-bond donors (Lipinski definition) is 0. The van der Waals surface area contributed by atoms with Crippen LogP contribution in [0.2, 0.25) is 0 Å². The monoisotopic (exact) mass is 424 g/mol. The zero-order valence-corrected chi connectivity index (χ0v) is 18.6. The minimum Gasteiger partial charge on any atom is -0.497 e. The number of aryl methyl sites for hydroxylation is 2. The number of ether oxygens (including phenoxy) is 2. The van der Waals surface area contributed by atoms with E-state index in [4.69, 9.17) is 9.47 Å². The number of benzene rings is 3. The van der Waals surface area contributed by atoms with Crippen LogP contribution in [-0.2, 0) is 13.6 Å². The maximum atomic E-state index is 13.2. The molecule has 3 aromatic rings. The number of carbonyl (C=O) groups is 1. The van der Waals surface area contributed by atoms with Gasteiger partial charge in [-0.1, -0.05) is 71.0 Å². The summed E-state index contributed by atoms with van der Waals surface area (Å²) in [5.41, 5.74) is 3.20. The highest BCUT2D eigenvalue weighted by Crippen LogP contribution is 2.54. The number of esters is 1. The minimum atomic E-state index is -0.995. The standard InChI is InChI=1S/C24H24O3S2/c1-17-5-13-21(14-6-17)28-24(23(25)27-4,19-9-11-20(26-3)12-10-19)29-22-15-7-18(2)8-16-22/h5-16H,1-4H3. The second kappa shape index (κ2) is 9.42. The Morgan fingerprint density at radius 3 is 1.55 bits per heavy atom. The van der Waals surface area contributed by atoms with Gasteiger partial charge in [-0.2, -0.15) is 0 Å². The third-order valence-corrected chi connectivity index (χ3v) is 7.38. The fourth-order valence-electron chi connectivity index (χ4n) is 2.83. The number of carbonyl (C=O) groups excluding carboxylic acids is 1. The molecule has 0 heterocycles. The summed E-state index contributed by atoms with van der Waals surface area (Å²) in [5.74, 6) is 0.437. The van der Waals surface area contributed by atoms with Gasteiger partial charge in [0, 0.05) is 9.79 Å². The van der Waals surface area contributed by atoms with Crippen molar-refractivity contribution in [3.63, 3.8) is 0 Å². The van der Waals surface area contributed by atoms with Crippen LogP contribution in [0.1, 0.15) is 16.7 Å². The van der Waals surface area contributed by atoms with E-state index in [1.807, 2.05) is 62.4 Å². The summed E-state index contributed by atoms with van der Waals surface area (Å²) in [7, 11) is 3.07. The van der Waals surface area contributed by atoms with Gasteiger partial charge in [0.25, 0.3) is 0 Å². The number of thioether (sulfide) groups is 2. The quantitative estimate of drug-likeness (QED) is 0.255. The summed E-state index contributed by atoms with van der Waals surface area (Å²) in [5, 5.41) is 0. The van der Waals surface area contributed by atoms with E-state index >= 15 is 0 Å². The maximum absolute atomic E-state index is 13.2. The first-order valence-corrected chi connectivity index (χ1v) is 10.8. The lowest BCUT2D eigenvalue weighted by Crippen LogP contribution is -2.30. The number of methoxy groups -OCH3 is 2. The molecular formula is C24H24O3S2. The molecular weight excluding hydrogens is 400 g/mol. The molecule has 0 aromatic heterocycles. The van der Waals surface area contributed by atoms with Gasteiger partial charge in [0.2, 0.25) is 0 Å². The van der Waals surface area contributed by atoms with Crippen LogP contribution in [0.3, 0.4) is 0 Å². The average Bonchev–Trinajstić information content (AvgIpc) is 2.75. The van der Waals surface area contributed by atoms with Gasteiger partial charge in [0.05, 0.1) is 14.2 Å². The third kappa shape index (κ3) is 4.98. The van der Waals surface area contributed by atoms with Gasteiger partial charge in [-0.3, -0.25) is 0 Å². The van der Waals surface area contributed by atoms with E-state index in [9.17, 15) is 4.79 Å². The molecule has 0 saturated heterocycles. The molecule has 3 aromatic carbocycles. The van der Waals surface area contributed by atoms with Gasteiger partial charge in [0.1, 0.15) is 5.75 Å². The van der Waals surface area contributed by atoms with Crippen LogP contribution in [0.25, 0.3) is 0 Å². The summed E-state index contributed by atoms with van der Waals surface area (Å²) in [6.07, 6.45) is 0. The zero-order chi connectivity index (χ0) is 20.9. The highest BCUT2D eigenvalue weighted by atomic mass is 32.2. The first-order chi connectivity index (χ1) is 14.0. The molecule has 0 amide bonds. The van der Waals surface area contributed by atoms with Crippen molar-refractivity contribution in [3.8, 4) is 5.75 Å². The Hall–Kier alpha value is -2.37. The van der Waals surface area contributed by atoms with E-state index in [0.29, 0.717) is 0 Å². The van der Waals surface area contributed by atoms with E-state index in [-0.39, 0.29) is 5.97 Å². The molecule has 0 atom stereocenters. The molecule has 0 fully saturated rings. The molecule has 0 bridgehead atoms. The van der Waals surface area contributed by atoms with E-state index in [1.165, 1.54) is 41.8 Å². The van der Waals surface area contributed by atoms with E-state index in [1.54, 1.807) is 7.11 Å². The van der Waals surface area contributed by atoms with Crippen molar-refractivity contribution in [3.05, 3.63) is 89.5 Å². The molecule has 0 radical (unpaired) electrons. The van der Waals surface area contributed by atoms with Crippen LogP contribution in [0.5, 0.6) is 5.75 Å². The molecule has 3 nitrogen and oxygen atoms in total. The Kier molecular flexibility index (Phi) is 6.93. The Labute approximate surface area is 180 Å². The van der Waals surface area contributed by atoms with Crippen molar-refractivity contribution in [2.45, 2.75) is 27.7 Å². The molecule has 0 saturated carbocycles. The first-order valence-electron chi connectivity index (χ1n) is 9.21. The molecule has 29 heavy (non-hydrogen) atoms. The topological polar surface area (TPSA) is 35.5 Å². The second-order valence-electron chi connectivity index (χ2n) is 6.67. The summed E-state index contributed by atoms with van der Waals surface area (Å²) in [4.78, 5) is 15.2. The van der Waals surface area contributed by atoms with Crippen molar-refractivity contribution in [2.24, 2.45) is 0 Å². The lowest BCUT2D eigenvalue weighted by atomic mass is 10.1. The van der Waals surface area contributed by atoms with Crippen molar-refractivity contribution in [1.29, 1.82) is 0 Å². The molecule has 3 rings (SSSR count). The van der Waals surface area contributed by atoms with Crippen molar-refractivity contribution < 1.29 is 14.3 Å². The SMILES string of the molecule is COC(=O)C(Sc1ccc(C)cc1)(Sc1ccc(C)cc1)c1ccc(OC)cc1. The molecule has 0 N–H and O–H groups in total. The highest BCUT2D eigenvalue weighted by molar-refractivity contribution is 8.18. The van der Waals surface area contributed by atoms with Gasteiger partial charge >= 0.3 is 5.97 Å². The summed E-state index contributed by atoms with van der Waals surface area (Å²) >= 11 is 2.98. The lowest BCUT2D eigenvalue weighted by molar-refractivity contribution is -0.141. The van der Waals surface area contributed by atoms with Gasteiger partial charge in [0.15, 0.2) is 4.08 Å². The predicted molar refractivity (Wildman–Crippen MR) is 121 cm³/mol. The largest absolute Gasteiger partial charge is 0.497 e. The van der Waals surface area contributed by atoms with Gasteiger partial charge in [-0.15, -0.1) is 0 Å². The van der Waals surface area contributed by atoms with E-state index < -0.39 is 4.08 Å². The summed E-state index contributed by atoms with van der Waals surface area (Å²) in [6.45, 7) is 4.10. The first kappa shape index (κ1) is 21.3. The Balaban J connectivity index is 2.12. The van der Waals surface area contributed by atoms with Crippen molar-refractivity contribution >= 4 is 29.5 Å². The van der Waals surface area contributed by atoms with Gasteiger partial charge in [-0.25, -0.2) is 4.79 Å². The van der Waals surface area contributed by atoms with E-state index in [0.717, 1.165) is 21.1 Å². The maximum Gasteiger partial charge on any atom is 0.337 e. The van der Waals surface area contributed by atoms with Crippen LogP contribution in [0.4, 0.5) is 0 Å². The third-order valence-electron chi connectivity index (χ3n) is 4.49. The van der Waals surface area contributed by atoms with Crippen LogP contribution >= 0.6 is 23.5 Å². The summed E-state index contributed by atoms with van der Waals surface area (Å²) < 4.78 is 9.61. The zero-order valence-electron chi connectivity index (χ0n) is 17.0. The Bertz CT molecular complexity index is 901. The molecule has 0 aliphatic carbocycles. The Morgan fingerprint density at radius 2 is 1.17 bits per heavy atom. The normalized spacial score (nSPS) is 11.2. The molecule has 150 valence electrons. The fourth-order valence-corrected chi connectivity index (χ4v) is 5.62. The molecule has 0 spiro atoms. The summed E-state index contributed by atoms with van der Waals surface area (Å²) in [6, 6.07) is 24.0. The molecule has 0 unspecified atom stereocenters. The van der Waals surface area contributed by atoms with Crippen LogP contribution in [-0.4, -0.2) is 20.2 Å².